The second-order valence-corrected chi connectivity index (χ2v) is 5.68. The van der Waals surface area contributed by atoms with E-state index in [2.05, 4.69) is 21.2 Å². The van der Waals surface area contributed by atoms with E-state index in [0.29, 0.717) is 12.1 Å². The van der Waals surface area contributed by atoms with Crippen LogP contribution in [0.15, 0.2) is 22.7 Å². The summed E-state index contributed by atoms with van der Waals surface area (Å²) in [6.07, 6.45) is 0. The molecule has 1 aliphatic heterocycles. The first-order chi connectivity index (χ1) is 7.58. The average molecular weight is 304 g/mol. The predicted molar refractivity (Wildman–Crippen MR) is 65.6 cm³/mol. The van der Waals surface area contributed by atoms with E-state index in [9.17, 15) is 9.90 Å². The number of phenolic OH excluding ortho intramolecular Hbond substituents is 1. The number of aliphatic carboxylic acids is 1. The van der Waals surface area contributed by atoms with Crippen molar-refractivity contribution in [3.05, 3.63) is 28.2 Å². The van der Waals surface area contributed by atoms with Crippen LogP contribution in [0.5, 0.6) is 5.75 Å². The molecule has 1 aromatic rings. The molecule has 4 nitrogen and oxygen atoms in total. The third-order valence-corrected chi connectivity index (χ3v) is 4.22. The van der Waals surface area contributed by atoms with E-state index in [1.54, 1.807) is 18.2 Å². The molecule has 1 saturated heterocycles. The van der Waals surface area contributed by atoms with Gasteiger partial charge in [-0.1, -0.05) is 15.9 Å². The van der Waals surface area contributed by atoms with Gasteiger partial charge in [-0.15, -0.1) is 11.8 Å². The minimum Gasteiger partial charge on any atom is -0.508 e. The molecular formula is C10H10BrNO3S. The zero-order valence-electron chi connectivity index (χ0n) is 8.18. The Hall–Kier alpha value is -0.720. The number of carbonyl (C=O) groups is 1. The minimum atomic E-state index is -0.825. The molecule has 2 atom stereocenters. The second kappa shape index (κ2) is 4.65. The van der Waals surface area contributed by atoms with E-state index in [1.165, 1.54) is 11.8 Å². The summed E-state index contributed by atoms with van der Waals surface area (Å²) in [5.74, 6) is -0.645. The van der Waals surface area contributed by atoms with Gasteiger partial charge in [-0.2, -0.15) is 0 Å². The molecule has 3 N–H and O–H groups in total. The van der Waals surface area contributed by atoms with Crippen LogP contribution in [0.25, 0.3) is 0 Å². The van der Waals surface area contributed by atoms with Crippen molar-refractivity contribution >= 4 is 33.7 Å². The van der Waals surface area contributed by atoms with E-state index in [4.69, 9.17) is 5.11 Å². The third kappa shape index (κ3) is 2.34. The van der Waals surface area contributed by atoms with Crippen LogP contribution in [0.2, 0.25) is 0 Å². The summed E-state index contributed by atoms with van der Waals surface area (Å²) in [5, 5.41) is 21.0. The molecule has 86 valence electrons. The number of benzene rings is 1. The topological polar surface area (TPSA) is 69.6 Å². The van der Waals surface area contributed by atoms with E-state index in [1.807, 2.05) is 0 Å². The Bertz CT molecular complexity index is 427. The highest BCUT2D eigenvalue weighted by Crippen LogP contribution is 2.39. The SMILES string of the molecule is O=C(O)[C@@H]1CN[C@@H](c2cc(Br)ccc2O)S1. The molecule has 16 heavy (non-hydrogen) atoms. The molecule has 0 bridgehead atoms. The van der Waals surface area contributed by atoms with Crippen molar-refractivity contribution in [2.75, 3.05) is 6.54 Å². The van der Waals surface area contributed by atoms with E-state index < -0.39 is 11.2 Å². The summed E-state index contributed by atoms with van der Waals surface area (Å²) in [6, 6.07) is 5.13. The Morgan fingerprint density at radius 1 is 1.56 bits per heavy atom. The lowest BCUT2D eigenvalue weighted by atomic mass is 10.2. The second-order valence-electron chi connectivity index (χ2n) is 3.45. The van der Waals surface area contributed by atoms with Gasteiger partial charge in [0, 0.05) is 16.6 Å². The van der Waals surface area contributed by atoms with Crippen LogP contribution in [0.3, 0.4) is 0 Å². The Kier molecular flexibility index (Phi) is 3.41. The number of carboxylic acid groups (broad SMARTS) is 1. The van der Waals surface area contributed by atoms with Gasteiger partial charge in [-0.3, -0.25) is 10.1 Å². The van der Waals surface area contributed by atoms with Crippen molar-refractivity contribution in [3.8, 4) is 5.75 Å². The summed E-state index contributed by atoms with van der Waals surface area (Å²) in [5.41, 5.74) is 0.711. The maximum absolute atomic E-state index is 10.8. The molecule has 0 spiro atoms. The Morgan fingerprint density at radius 2 is 2.31 bits per heavy atom. The van der Waals surface area contributed by atoms with E-state index >= 15 is 0 Å². The zero-order valence-corrected chi connectivity index (χ0v) is 10.6. The maximum Gasteiger partial charge on any atom is 0.318 e. The quantitative estimate of drug-likeness (QED) is 0.779. The Balaban J connectivity index is 2.20. The van der Waals surface area contributed by atoms with Gasteiger partial charge in [0.05, 0.1) is 5.37 Å². The monoisotopic (exact) mass is 303 g/mol. The smallest absolute Gasteiger partial charge is 0.318 e. The van der Waals surface area contributed by atoms with Crippen LogP contribution in [0, 0.1) is 0 Å². The highest BCUT2D eigenvalue weighted by atomic mass is 79.9. The highest BCUT2D eigenvalue weighted by Gasteiger charge is 2.32. The standard InChI is InChI=1S/C10H10BrNO3S/c11-5-1-2-7(13)6(3-5)9-12-4-8(16-9)10(14)15/h1-3,8-9,12-13H,4H2,(H,14,15)/t8-,9+/m0/s1. The number of hydrogen-bond acceptors (Lipinski definition) is 4. The van der Waals surface area contributed by atoms with Crippen LogP contribution in [-0.2, 0) is 4.79 Å². The fraction of sp³-hybridized carbons (Fsp3) is 0.300. The van der Waals surface area contributed by atoms with E-state index in [-0.39, 0.29) is 11.1 Å². The molecule has 1 aromatic carbocycles. The van der Waals surface area contributed by atoms with Crippen LogP contribution in [-0.4, -0.2) is 28.0 Å². The third-order valence-electron chi connectivity index (χ3n) is 2.34. The summed E-state index contributed by atoms with van der Waals surface area (Å²) >= 11 is 4.63. The van der Waals surface area contributed by atoms with Crippen molar-refractivity contribution in [1.29, 1.82) is 0 Å². The molecule has 1 aliphatic rings. The maximum atomic E-state index is 10.8. The van der Waals surface area contributed by atoms with Crippen molar-refractivity contribution in [3.63, 3.8) is 0 Å². The van der Waals surface area contributed by atoms with Gasteiger partial charge < -0.3 is 10.2 Å². The van der Waals surface area contributed by atoms with Gasteiger partial charge in [-0.25, -0.2) is 0 Å². The molecule has 0 aliphatic carbocycles. The number of aromatic hydroxyl groups is 1. The lowest BCUT2D eigenvalue weighted by Crippen LogP contribution is -2.21. The summed E-state index contributed by atoms with van der Waals surface area (Å²) < 4.78 is 0.862. The van der Waals surface area contributed by atoms with Gasteiger partial charge in [0.2, 0.25) is 0 Å². The van der Waals surface area contributed by atoms with Crippen molar-refractivity contribution in [1.82, 2.24) is 5.32 Å². The first kappa shape index (κ1) is 11.8. The van der Waals surface area contributed by atoms with Gasteiger partial charge >= 0.3 is 5.97 Å². The molecule has 0 aromatic heterocycles. The molecule has 2 rings (SSSR count). The lowest BCUT2D eigenvalue weighted by molar-refractivity contribution is -0.136. The first-order valence-electron chi connectivity index (χ1n) is 4.68. The molecule has 0 radical (unpaired) electrons. The predicted octanol–water partition coefficient (Wildman–Crippen LogP) is 1.94. The highest BCUT2D eigenvalue weighted by molar-refractivity contribution is 9.10. The molecular weight excluding hydrogens is 294 g/mol. The van der Waals surface area contributed by atoms with Crippen LogP contribution < -0.4 is 5.32 Å². The molecule has 0 unspecified atom stereocenters. The normalized spacial score (nSPS) is 24.6. The number of nitrogens with one attached hydrogen (secondary N) is 1. The number of phenols is 1. The number of halogens is 1. The number of hydrogen-bond donors (Lipinski definition) is 3. The fourth-order valence-corrected chi connectivity index (χ4v) is 3.08. The van der Waals surface area contributed by atoms with Crippen molar-refractivity contribution in [2.45, 2.75) is 10.6 Å². The van der Waals surface area contributed by atoms with Gasteiger partial charge in [0.15, 0.2) is 0 Å². The lowest BCUT2D eigenvalue weighted by Gasteiger charge is -2.12. The largest absolute Gasteiger partial charge is 0.508 e. The summed E-state index contributed by atoms with van der Waals surface area (Å²) in [7, 11) is 0. The van der Waals surface area contributed by atoms with Crippen molar-refractivity contribution < 1.29 is 15.0 Å². The molecule has 1 fully saturated rings. The Labute approximate surface area is 105 Å². The number of thioether (sulfide) groups is 1. The van der Waals surface area contributed by atoms with Gasteiger partial charge in [-0.05, 0) is 18.2 Å². The fourth-order valence-electron chi connectivity index (χ4n) is 1.54. The molecule has 0 saturated carbocycles. The Morgan fingerprint density at radius 3 is 2.94 bits per heavy atom. The van der Waals surface area contributed by atoms with Gasteiger partial charge in [0.1, 0.15) is 11.0 Å². The summed E-state index contributed by atoms with van der Waals surface area (Å²) in [4.78, 5) is 10.8. The molecule has 6 heteroatoms. The van der Waals surface area contributed by atoms with Crippen molar-refractivity contribution in [2.24, 2.45) is 0 Å². The minimum absolute atomic E-state index is 0.168. The average Bonchev–Trinajstić information content (AvgIpc) is 2.70. The van der Waals surface area contributed by atoms with Crippen LogP contribution >= 0.6 is 27.7 Å². The number of rotatable bonds is 2. The van der Waals surface area contributed by atoms with Crippen LogP contribution in [0.1, 0.15) is 10.9 Å². The van der Waals surface area contributed by atoms with Crippen LogP contribution in [0.4, 0.5) is 0 Å². The molecule has 1 heterocycles. The zero-order chi connectivity index (χ0) is 11.7. The van der Waals surface area contributed by atoms with Gasteiger partial charge in [0.25, 0.3) is 0 Å². The summed E-state index contributed by atoms with van der Waals surface area (Å²) in [6.45, 7) is 0.413. The number of carboxylic acids is 1. The first-order valence-corrected chi connectivity index (χ1v) is 6.41. The van der Waals surface area contributed by atoms with E-state index in [0.717, 1.165) is 4.47 Å². The molecule has 0 amide bonds.